The summed E-state index contributed by atoms with van der Waals surface area (Å²) >= 11 is 3.37. The number of carbonyl (C=O) groups is 2. The molecule has 146 valence electrons. The second-order valence-electron chi connectivity index (χ2n) is 6.82. The number of hydrogen-bond donors (Lipinski definition) is 2. The molecule has 0 fully saturated rings. The molecule has 1 aliphatic heterocycles. The van der Waals surface area contributed by atoms with E-state index in [0.29, 0.717) is 12.2 Å². The van der Waals surface area contributed by atoms with Crippen LogP contribution in [-0.4, -0.2) is 18.5 Å². The molecule has 0 radical (unpaired) electrons. The van der Waals surface area contributed by atoms with E-state index in [0.717, 1.165) is 27.7 Å². The van der Waals surface area contributed by atoms with Crippen LogP contribution in [0.4, 0.5) is 16.2 Å². The predicted octanol–water partition coefficient (Wildman–Crippen LogP) is 4.90. The Morgan fingerprint density at radius 2 is 1.59 bits per heavy atom. The van der Waals surface area contributed by atoms with Gasteiger partial charge < -0.3 is 15.5 Å². The van der Waals surface area contributed by atoms with E-state index < -0.39 is 12.1 Å². The van der Waals surface area contributed by atoms with Gasteiger partial charge in [-0.3, -0.25) is 4.79 Å². The summed E-state index contributed by atoms with van der Waals surface area (Å²) in [5, 5.41) is 5.64. The van der Waals surface area contributed by atoms with Crippen molar-refractivity contribution < 1.29 is 9.59 Å². The number of para-hydroxylation sites is 1. The maximum absolute atomic E-state index is 13.4. The van der Waals surface area contributed by atoms with Crippen molar-refractivity contribution in [1.29, 1.82) is 0 Å². The summed E-state index contributed by atoms with van der Waals surface area (Å²) < 4.78 is 0.925. The zero-order chi connectivity index (χ0) is 20.2. The molecule has 6 heteroatoms. The molecule has 0 bridgehead atoms. The normalized spacial score (nSPS) is 13.5. The van der Waals surface area contributed by atoms with Gasteiger partial charge in [0.2, 0.25) is 0 Å². The predicted molar refractivity (Wildman–Crippen MR) is 118 cm³/mol. The molecule has 0 spiro atoms. The van der Waals surface area contributed by atoms with Gasteiger partial charge in [0.05, 0.1) is 0 Å². The minimum absolute atomic E-state index is 0.146. The van der Waals surface area contributed by atoms with Crippen molar-refractivity contribution in [1.82, 2.24) is 5.32 Å². The molecule has 0 aliphatic carbocycles. The molecule has 0 unspecified atom stereocenters. The van der Waals surface area contributed by atoms with Gasteiger partial charge in [-0.05, 0) is 47.9 Å². The van der Waals surface area contributed by atoms with E-state index in [9.17, 15) is 9.59 Å². The minimum Gasteiger partial charge on any atom is -0.322 e. The number of hydrogen-bond acceptors (Lipinski definition) is 2. The lowest BCUT2D eigenvalue weighted by Gasteiger charge is -2.25. The van der Waals surface area contributed by atoms with Crippen LogP contribution in [0.2, 0.25) is 0 Å². The van der Waals surface area contributed by atoms with Gasteiger partial charge in [0, 0.05) is 22.4 Å². The summed E-state index contributed by atoms with van der Waals surface area (Å²) in [5.41, 5.74) is 3.45. The third-order valence-corrected chi connectivity index (χ3v) is 5.44. The lowest BCUT2D eigenvalue weighted by Crippen LogP contribution is -2.43. The maximum atomic E-state index is 13.4. The number of rotatable bonds is 4. The molecule has 1 heterocycles. The highest BCUT2D eigenvalue weighted by Gasteiger charge is 2.32. The molecule has 2 N–H and O–H groups in total. The van der Waals surface area contributed by atoms with E-state index in [-0.39, 0.29) is 5.91 Å². The fraction of sp³-hybridized carbons (Fsp3) is 0.130. The van der Waals surface area contributed by atoms with Gasteiger partial charge in [0.15, 0.2) is 0 Å². The van der Waals surface area contributed by atoms with Crippen molar-refractivity contribution in [3.63, 3.8) is 0 Å². The quantitative estimate of drug-likeness (QED) is 0.594. The molecule has 3 amide bonds. The zero-order valence-electron chi connectivity index (χ0n) is 15.6. The molecule has 3 aromatic carbocycles. The molecule has 5 nitrogen and oxygen atoms in total. The molecule has 0 saturated carbocycles. The standard InChI is InChI=1S/C23H20BrN3O2/c24-18-10-12-19(13-11-18)25-23(29)26-21(17-7-2-1-3-8-17)22(28)27-15-14-16-6-4-5-9-20(16)27/h1-13,21H,14-15H2,(H2,25,26,29)/t21-/m0/s1. The molecule has 0 aromatic heterocycles. The van der Waals surface area contributed by atoms with Crippen molar-refractivity contribution in [3.05, 3.63) is 94.5 Å². The van der Waals surface area contributed by atoms with Crippen LogP contribution < -0.4 is 15.5 Å². The van der Waals surface area contributed by atoms with E-state index in [1.807, 2.05) is 66.7 Å². The summed E-state index contributed by atoms with van der Waals surface area (Å²) in [4.78, 5) is 27.8. The summed E-state index contributed by atoms with van der Waals surface area (Å²) in [6, 6.07) is 23.3. The minimum atomic E-state index is -0.780. The third kappa shape index (κ3) is 4.32. The van der Waals surface area contributed by atoms with Crippen LogP contribution in [0.5, 0.6) is 0 Å². The number of carbonyl (C=O) groups excluding carboxylic acids is 2. The van der Waals surface area contributed by atoms with Gasteiger partial charge in [-0.1, -0.05) is 64.5 Å². The number of halogens is 1. The fourth-order valence-corrected chi connectivity index (χ4v) is 3.75. The van der Waals surface area contributed by atoms with E-state index in [4.69, 9.17) is 0 Å². The highest BCUT2D eigenvalue weighted by Crippen LogP contribution is 2.30. The van der Waals surface area contributed by atoms with Crippen molar-refractivity contribution in [2.75, 3.05) is 16.8 Å². The zero-order valence-corrected chi connectivity index (χ0v) is 17.2. The molecule has 1 atom stereocenters. The molecule has 1 aliphatic rings. The first-order valence-electron chi connectivity index (χ1n) is 9.39. The topological polar surface area (TPSA) is 61.4 Å². The van der Waals surface area contributed by atoms with E-state index in [2.05, 4.69) is 26.6 Å². The van der Waals surface area contributed by atoms with Gasteiger partial charge in [-0.25, -0.2) is 4.79 Å². The largest absolute Gasteiger partial charge is 0.322 e. The molecular weight excluding hydrogens is 430 g/mol. The second kappa shape index (κ2) is 8.49. The van der Waals surface area contributed by atoms with E-state index >= 15 is 0 Å². The highest BCUT2D eigenvalue weighted by atomic mass is 79.9. The van der Waals surface area contributed by atoms with Crippen LogP contribution in [0.25, 0.3) is 0 Å². The summed E-state index contributed by atoms with van der Waals surface area (Å²) in [6.07, 6.45) is 0.814. The van der Waals surface area contributed by atoms with Crippen LogP contribution in [0.15, 0.2) is 83.3 Å². The summed E-state index contributed by atoms with van der Waals surface area (Å²) in [7, 11) is 0. The molecular formula is C23H20BrN3O2. The lowest BCUT2D eigenvalue weighted by molar-refractivity contribution is -0.120. The van der Waals surface area contributed by atoms with Crippen molar-refractivity contribution >= 4 is 39.2 Å². The van der Waals surface area contributed by atoms with Gasteiger partial charge >= 0.3 is 6.03 Å². The van der Waals surface area contributed by atoms with Gasteiger partial charge in [0.1, 0.15) is 6.04 Å². The molecule has 4 rings (SSSR count). The first-order valence-corrected chi connectivity index (χ1v) is 10.2. The SMILES string of the molecule is O=C(Nc1ccc(Br)cc1)N[C@H](C(=O)N1CCc2ccccc21)c1ccccc1. The number of nitrogens with one attached hydrogen (secondary N) is 2. The maximum Gasteiger partial charge on any atom is 0.320 e. The Labute approximate surface area is 177 Å². The summed E-state index contributed by atoms with van der Waals surface area (Å²) in [6.45, 7) is 0.609. The smallest absolute Gasteiger partial charge is 0.320 e. The molecule has 3 aromatic rings. The van der Waals surface area contributed by atoms with Crippen LogP contribution in [0.1, 0.15) is 17.2 Å². The highest BCUT2D eigenvalue weighted by molar-refractivity contribution is 9.10. The average Bonchev–Trinajstić information content (AvgIpc) is 3.18. The van der Waals surface area contributed by atoms with Crippen molar-refractivity contribution in [2.45, 2.75) is 12.5 Å². The van der Waals surface area contributed by atoms with Crippen LogP contribution in [-0.2, 0) is 11.2 Å². The van der Waals surface area contributed by atoms with Gasteiger partial charge in [-0.15, -0.1) is 0 Å². The monoisotopic (exact) mass is 449 g/mol. The number of benzene rings is 3. The lowest BCUT2D eigenvalue weighted by atomic mass is 10.1. The van der Waals surface area contributed by atoms with E-state index in [1.165, 1.54) is 0 Å². The Kier molecular flexibility index (Phi) is 5.62. The van der Waals surface area contributed by atoms with Crippen molar-refractivity contribution in [3.8, 4) is 0 Å². The van der Waals surface area contributed by atoms with Crippen molar-refractivity contribution in [2.24, 2.45) is 0 Å². The Balaban J connectivity index is 1.56. The first kappa shape index (κ1) is 19.2. The Hall–Kier alpha value is -3.12. The molecule has 0 saturated heterocycles. The number of nitrogens with zero attached hydrogens (tertiary/aromatic N) is 1. The number of urea groups is 1. The summed E-state index contributed by atoms with van der Waals surface area (Å²) in [5.74, 6) is -0.146. The third-order valence-electron chi connectivity index (χ3n) is 4.91. The number of anilines is 2. The number of fused-ring (bicyclic) bond motifs is 1. The van der Waals surface area contributed by atoms with Crippen LogP contribution in [0.3, 0.4) is 0 Å². The van der Waals surface area contributed by atoms with Gasteiger partial charge in [-0.2, -0.15) is 0 Å². The fourth-order valence-electron chi connectivity index (χ4n) is 3.49. The van der Waals surface area contributed by atoms with Crippen LogP contribution >= 0.6 is 15.9 Å². The second-order valence-corrected chi connectivity index (χ2v) is 7.73. The first-order chi connectivity index (χ1) is 14.1. The van der Waals surface area contributed by atoms with Crippen LogP contribution in [0, 0.1) is 0 Å². The molecule has 29 heavy (non-hydrogen) atoms. The van der Waals surface area contributed by atoms with Gasteiger partial charge in [0.25, 0.3) is 5.91 Å². The average molecular weight is 450 g/mol. The Bertz CT molecular complexity index is 1020. The number of amides is 3. The van der Waals surface area contributed by atoms with E-state index in [1.54, 1.807) is 17.0 Å². The Morgan fingerprint density at radius 1 is 0.897 bits per heavy atom. The Morgan fingerprint density at radius 3 is 2.34 bits per heavy atom.